The number of ether oxygens (including phenoxy) is 1. The Balaban J connectivity index is 1.24. The van der Waals surface area contributed by atoms with Crippen molar-refractivity contribution in [3.63, 3.8) is 0 Å². The average Bonchev–Trinajstić information content (AvgIpc) is 3.28. The molecule has 2 aliphatic heterocycles. The van der Waals surface area contributed by atoms with Crippen LogP contribution in [0.2, 0.25) is 0 Å². The third-order valence-electron chi connectivity index (χ3n) is 6.27. The second-order valence-electron chi connectivity index (χ2n) is 8.59. The van der Waals surface area contributed by atoms with E-state index in [2.05, 4.69) is 58.3 Å². The molecule has 2 heterocycles. The molecule has 0 saturated carbocycles. The third kappa shape index (κ3) is 6.05. The van der Waals surface area contributed by atoms with E-state index < -0.39 is 0 Å². The summed E-state index contributed by atoms with van der Waals surface area (Å²) in [6.07, 6.45) is 6.05. The van der Waals surface area contributed by atoms with Crippen molar-refractivity contribution in [2.75, 3.05) is 39.3 Å². The first-order valence-electron chi connectivity index (χ1n) is 11.3. The van der Waals surface area contributed by atoms with Gasteiger partial charge in [0.1, 0.15) is 5.75 Å². The summed E-state index contributed by atoms with van der Waals surface area (Å²) < 4.78 is 5.93. The highest BCUT2D eigenvalue weighted by atomic mass is 16.5. The fourth-order valence-corrected chi connectivity index (χ4v) is 4.40. The van der Waals surface area contributed by atoms with Gasteiger partial charge in [-0.1, -0.05) is 36.4 Å². The molecule has 2 saturated heterocycles. The lowest BCUT2D eigenvalue weighted by atomic mass is 10.0. The molecular formula is C25H35N3O. The lowest BCUT2D eigenvalue weighted by molar-refractivity contribution is 0.205. The number of hydrogen-bond acceptors (Lipinski definition) is 4. The average molecular weight is 394 g/mol. The molecule has 2 aromatic carbocycles. The van der Waals surface area contributed by atoms with Crippen LogP contribution < -0.4 is 10.5 Å². The summed E-state index contributed by atoms with van der Waals surface area (Å²) in [5.74, 6) is 0.968. The molecule has 0 unspecified atom stereocenters. The molecule has 4 rings (SSSR count). The molecule has 4 nitrogen and oxygen atoms in total. The highest BCUT2D eigenvalue weighted by Gasteiger charge is 2.16. The maximum atomic E-state index is 6.01. The summed E-state index contributed by atoms with van der Waals surface area (Å²) in [6, 6.07) is 17.9. The van der Waals surface area contributed by atoms with E-state index in [1.165, 1.54) is 42.6 Å². The van der Waals surface area contributed by atoms with Gasteiger partial charge in [-0.25, -0.2) is 0 Å². The first-order chi connectivity index (χ1) is 14.3. The van der Waals surface area contributed by atoms with Crippen LogP contribution in [-0.4, -0.2) is 55.2 Å². The zero-order valence-corrected chi connectivity index (χ0v) is 17.6. The zero-order valence-electron chi connectivity index (χ0n) is 17.6. The lowest BCUT2D eigenvalue weighted by Gasteiger charge is -2.30. The quantitative estimate of drug-likeness (QED) is 0.685. The van der Waals surface area contributed by atoms with Gasteiger partial charge in [0.05, 0.1) is 6.61 Å². The molecule has 2 fully saturated rings. The number of rotatable bonds is 8. The monoisotopic (exact) mass is 393 g/mol. The first-order valence-corrected chi connectivity index (χ1v) is 11.3. The Hall–Kier alpha value is -1.88. The van der Waals surface area contributed by atoms with Crippen molar-refractivity contribution in [2.45, 2.75) is 44.7 Å². The van der Waals surface area contributed by atoms with Gasteiger partial charge in [-0.3, -0.25) is 4.90 Å². The molecule has 4 heteroatoms. The smallest absolute Gasteiger partial charge is 0.119 e. The molecule has 0 atom stereocenters. The molecule has 0 amide bonds. The Kier molecular flexibility index (Phi) is 7.20. The van der Waals surface area contributed by atoms with Crippen LogP contribution in [0.15, 0.2) is 48.5 Å². The van der Waals surface area contributed by atoms with E-state index in [1.54, 1.807) is 0 Å². The molecule has 0 aromatic heterocycles. The van der Waals surface area contributed by atoms with Crippen molar-refractivity contribution < 1.29 is 4.74 Å². The van der Waals surface area contributed by atoms with Gasteiger partial charge in [0.2, 0.25) is 0 Å². The van der Waals surface area contributed by atoms with Gasteiger partial charge >= 0.3 is 0 Å². The standard InChI is InChI=1S/C25H35N3O/c26-24-12-17-28(18-13-24)20-21-4-6-22(7-5-21)23-8-10-25(11-9-23)29-19-3-16-27-14-1-2-15-27/h4-11,24H,1-3,12-20,26H2. The second-order valence-corrected chi connectivity index (χ2v) is 8.59. The highest BCUT2D eigenvalue weighted by Crippen LogP contribution is 2.24. The minimum atomic E-state index is 0.394. The first kappa shape index (κ1) is 20.4. The maximum Gasteiger partial charge on any atom is 0.119 e. The molecule has 2 aromatic rings. The molecule has 0 radical (unpaired) electrons. The van der Waals surface area contributed by atoms with Gasteiger partial charge in [0, 0.05) is 19.1 Å². The van der Waals surface area contributed by atoms with Crippen LogP contribution in [0.5, 0.6) is 5.75 Å². The Morgan fingerprint density at radius 1 is 0.793 bits per heavy atom. The van der Waals surface area contributed by atoms with E-state index >= 15 is 0 Å². The number of nitrogens with zero attached hydrogens (tertiary/aromatic N) is 2. The van der Waals surface area contributed by atoms with Crippen LogP contribution in [0.25, 0.3) is 11.1 Å². The van der Waals surface area contributed by atoms with E-state index in [0.717, 1.165) is 57.8 Å². The van der Waals surface area contributed by atoms with Gasteiger partial charge in [-0.05, 0) is 87.1 Å². The predicted molar refractivity (Wildman–Crippen MR) is 120 cm³/mol. The van der Waals surface area contributed by atoms with Gasteiger partial charge in [-0.15, -0.1) is 0 Å². The molecule has 0 aliphatic carbocycles. The van der Waals surface area contributed by atoms with Crippen LogP contribution in [0.3, 0.4) is 0 Å². The summed E-state index contributed by atoms with van der Waals surface area (Å²) in [6.45, 7) is 7.74. The van der Waals surface area contributed by atoms with Gasteiger partial charge in [0.15, 0.2) is 0 Å². The van der Waals surface area contributed by atoms with Crippen molar-refractivity contribution in [3.8, 4) is 16.9 Å². The summed E-state index contributed by atoms with van der Waals surface area (Å²) in [4.78, 5) is 5.05. The Morgan fingerprint density at radius 2 is 1.41 bits per heavy atom. The van der Waals surface area contributed by atoms with Crippen LogP contribution in [0, 0.1) is 0 Å². The topological polar surface area (TPSA) is 41.7 Å². The summed E-state index contributed by atoms with van der Waals surface area (Å²) in [7, 11) is 0. The van der Waals surface area contributed by atoms with Crippen molar-refractivity contribution in [3.05, 3.63) is 54.1 Å². The number of likely N-dealkylation sites (tertiary alicyclic amines) is 2. The Labute approximate surface area is 175 Å². The van der Waals surface area contributed by atoms with Crippen LogP contribution in [0.4, 0.5) is 0 Å². The van der Waals surface area contributed by atoms with E-state index in [0.29, 0.717) is 6.04 Å². The lowest BCUT2D eigenvalue weighted by Crippen LogP contribution is -2.39. The molecule has 29 heavy (non-hydrogen) atoms. The van der Waals surface area contributed by atoms with Crippen LogP contribution in [-0.2, 0) is 6.54 Å². The normalized spacial score (nSPS) is 18.9. The van der Waals surface area contributed by atoms with Crippen LogP contribution in [0.1, 0.15) is 37.7 Å². The fourth-order valence-electron chi connectivity index (χ4n) is 4.40. The van der Waals surface area contributed by atoms with E-state index in [1.807, 2.05) is 0 Å². The largest absolute Gasteiger partial charge is 0.494 e. The van der Waals surface area contributed by atoms with E-state index in [9.17, 15) is 0 Å². The van der Waals surface area contributed by atoms with Crippen molar-refractivity contribution in [2.24, 2.45) is 5.73 Å². The minimum absolute atomic E-state index is 0.394. The molecule has 2 N–H and O–H groups in total. The van der Waals surface area contributed by atoms with Crippen LogP contribution >= 0.6 is 0 Å². The summed E-state index contributed by atoms with van der Waals surface area (Å²) in [5, 5.41) is 0. The van der Waals surface area contributed by atoms with Gasteiger partial charge in [0.25, 0.3) is 0 Å². The number of hydrogen-bond donors (Lipinski definition) is 1. The van der Waals surface area contributed by atoms with Gasteiger partial charge in [-0.2, -0.15) is 0 Å². The van der Waals surface area contributed by atoms with Gasteiger partial charge < -0.3 is 15.4 Å². The number of piperidine rings is 1. The van der Waals surface area contributed by atoms with Crippen molar-refractivity contribution in [1.29, 1.82) is 0 Å². The fraction of sp³-hybridized carbons (Fsp3) is 0.520. The van der Waals surface area contributed by atoms with Crippen molar-refractivity contribution >= 4 is 0 Å². The minimum Gasteiger partial charge on any atom is -0.494 e. The Morgan fingerprint density at radius 3 is 2.07 bits per heavy atom. The SMILES string of the molecule is NC1CCN(Cc2ccc(-c3ccc(OCCCN4CCCC4)cc3)cc2)CC1. The van der Waals surface area contributed by atoms with E-state index in [-0.39, 0.29) is 0 Å². The molecule has 156 valence electrons. The zero-order chi connectivity index (χ0) is 19.9. The molecule has 2 aliphatic rings. The maximum absolute atomic E-state index is 6.01. The van der Waals surface area contributed by atoms with Crippen molar-refractivity contribution in [1.82, 2.24) is 9.80 Å². The Bertz CT molecular complexity index is 730. The number of benzene rings is 2. The predicted octanol–water partition coefficient (Wildman–Crippen LogP) is 4.14. The molecule has 0 spiro atoms. The second kappa shape index (κ2) is 10.2. The summed E-state index contributed by atoms with van der Waals surface area (Å²) >= 11 is 0. The summed E-state index contributed by atoms with van der Waals surface area (Å²) in [5.41, 5.74) is 9.88. The molecular weight excluding hydrogens is 358 g/mol. The highest BCUT2D eigenvalue weighted by molar-refractivity contribution is 5.64. The third-order valence-corrected chi connectivity index (χ3v) is 6.27. The number of nitrogens with two attached hydrogens (primary N) is 1. The van der Waals surface area contributed by atoms with E-state index in [4.69, 9.17) is 10.5 Å². The molecule has 0 bridgehead atoms.